The summed E-state index contributed by atoms with van der Waals surface area (Å²) < 4.78 is 2.19. The highest BCUT2D eigenvalue weighted by atomic mass is 15.0. The quantitative estimate of drug-likeness (QED) is 0.685. The van der Waals surface area contributed by atoms with Crippen LogP contribution in [0.3, 0.4) is 0 Å². The smallest absolute Gasteiger partial charge is 0.241 e. The molecule has 1 aromatic heterocycles. The minimum Gasteiger partial charge on any atom is -0.250 e. The minimum atomic E-state index is 0.378. The van der Waals surface area contributed by atoms with Gasteiger partial charge in [0.25, 0.3) is 0 Å². The van der Waals surface area contributed by atoms with Gasteiger partial charge in [0, 0.05) is 5.92 Å². The number of imidazole rings is 1. The normalized spacial score (nSPS) is 10.8. The van der Waals surface area contributed by atoms with Gasteiger partial charge in [-0.25, -0.2) is 4.57 Å². The van der Waals surface area contributed by atoms with Crippen LogP contribution in [-0.4, -0.2) is 4.98 Å². The molecule has 3 aromatic rings. The fraction of sp³-hybridized carbons (Fsp3) is 0.118. The second-order valence-corrected chi connectivity index (χ2v) is 4.68. The molecule has 0 amide bonds. The summed E-state index contributed by atoms with van der Waals surface area (Å²) in [6, 6.07) is 21.3. The molecule has 0 spiro atoms. The Morgan fingerprint density at radius 2 is 1.42 bits per heavy atom. The zero-order valence-electron chi connectivity index (χ0n) is 10.7. The van der Waals surface area contributed by atoms with Crippen LogP contribution in [0, 0.1) is 0 Å². The molecule has 0 bridgehead atoms. The lowest BCUT2D eigenvalue weighted by atomic mass is 9.91. The number of H-pyrrole nitrogens is 1. The van der Waals surface area contributed by atoms with E-state index in [0.717, 1.165) is 6.54 Å². The number of nitrogens with one attached hydrogen (secondary N) is 1. The first-order chi connectivity index (χ1) is 9.43. The molecule has 0 saturated carbocycles. The van der Waals surface area contributed by atoms with E-state index in [4.69, 9.17) is 0 Å². The Bertz CT molecular complexity index is 561. The van der Waals surface area contributed by atoms with Gasteiger partial charge in [-0.05, 0) is 11.1 Å². The molecular formula is C17H17N2+. The van der Waals surface area contributed by atoms with E-state index in [2.05, 4.69) is 76.4 Å². The molecule has 2 nitrogen and oxygen atoms in total. The fourth-order valence-electron chi connectivity index (χ4n) is 2.42. The SMILES string of the molecule is c1ccc(C(C[n+]2cc[nH]c2)c2ccccc2)cc1. The van der Waals surface area contributed by atoms with Crippen LogP contribution in [0.1, 0.15) is 17.0 Å². The Hall–Kier alpha value is -2.35. The van der Waals surface area contributed by atoms with Crippen molar-refractivity contribution >= 4 is 0 Å². The summed E-state index contributed by atoms with van der Waals surface area (Å²) in [5, 5.41) is 0. The van der Waals surface area contributed by atoms with Gasteiger partial charge in [0.15, 0.2) is 0 Å². The van der Waals surface area contributed by atoms with Gasteiger partial charge in [-0.15, -0.1) is 0 Å². The number of aromatic amines is 1. The van der Waals surface area contributed by atoms with Gasteiger partial charge in [0.05, 0.1) is 0 Å². The number of hydrogen-bond acceptors (Lipinski definition) is 0. The summed E-state index contributed by atoms with van der Waals surface area (Å²) in [4.78, 5) is 3.10. The molecule has 1 heterocycles. The van der Waals surface area contributed by atoms with E-state index in [0.29, 0.717) is 5.92 Å². The third-order valence-electron chi connectivity index (χ3n) is 3.40. The fourth-order valence-corrected chi connectivity index (χ4v) is 2.42. The van der Waals surface area contributed by atoms with Gasteiger partial charge in [-0.1, -0.05) is 60.7 Å². The predicted molar refractivity (Wildman–Crippen MR) is 75.7 cm³/mol. The molecule has 0 fully saturated rings. The zero-order chi connectivity index (χ0) is 12.9. The van der Waals surface area contributed by atoms with Crippen LogP contribution in [0.15, 0.2) is 79.4 Å². The largest absolute Gasteiger partial charge is 0.250 e. The van der Waals surface area contributed by atoms with E-state index in [1.54, 1.807) is 0 Å². The first-order valence-corrected chi connectivity index (χ1v) is 6.55. The summed E-state index contributed by atoms with van der Waals surface area (Å²) in [7, 11) is 0. The molecule has 94 valence electrons. The van der Waals surface area contributed by atoms with Crippen LogP contribution in [-0.2, 0) is 6.54 Å². The molecule has 0 aliphatic heterocycles. The molecular weight excluding hydrogens is 232 g/mol. The maximum atomic E-state index is 3.10. The van der Waals surface area contributed by atoms with Gasteiger partial charge >= 0.3 is 0 Å². The summed E-state index contributed by atoms with van der Waals surface area (Å²) in [5.74, 6) is 0.378. The third kappa shape index (κ3) is 2.74. The van der Waals surface area contributed by atoms with Gasteiger partial charge in [0.1, 0.15) is 18.9 Å². The van der Waals surface area contributed by atoms with Crippen LogP contribution >= 0.6 is 0 Å². The van der Waals surface area contributed by atoms with E-state index in [9.17, 15) is 0 Å². The summed E-state index contributed by atoms with van der Waals surface area (Å²) in [6.45, 7) is 0.942. The predicted octanol–water partition coefficient (Wildman–Crippen LogP) is 3.13. The molecule has 0 radical (unpaired) electrons. The van der Waals surface area contributed by atoms with Gasteiger partial charge in [-0.2, -0.15) is 0 Å². The van der Waals surface area contributed by atoms with E-state index in [1.165, 1.54) is 11.1 Å². The molecule has 2 aromatic carbocycles. The molecule has 0 aliphatic rings. The lowest BCUT2D eigenvalue weighted by molar-refractivity contribution is -0.697. The second kappa shape index (κ2) is 5.53. The minimum absolute atomic E-state index is 0.378. The van der Waals surface area contributed by atoms with E-state index < -0.39 is 0 Å². The van der Waals surface area contributed by atoms with Crippen molar-refractivity contribution in [3.05, 3.63) is 90.5 Å². The first-order valence-electron chi connectivity index (χ1n) is 6.55. The Kier molecular flexibility index (Phi) is 3.41. The van der Waals surface area contributed by atoms with Crippen molar-refractivity contribution in [1.29, 1.82) is 0 Å². The molecule has 0 aliphatic carbocycles. The molecule has 1 N–H and O–H groups in total. The Balaban J connectivity index is 1.96. The van der Waals surface area contributed by atoms with E-state index in [-0.39, 0.29) is 0 Å². The van der Waals surface area contributed by atoms with Crippen molar-refractivity contribution in [2.45, 2.75) is 12.5 Å². The van der Waals surface area contributed by atoms with Crippen molar-refractivity contribution in [1.82, 2.24) is 4.98 Å². The summed E-state index contributed by atoms with van der Waals surface area (Å²) in [5.41, 5.74) is 2.70. The molecule has 0 unspecified atom stereocenters. The Morgan fingerprint density at radius 1 is 0.842 bits per heavy atom. The van der Waals surface area contributed by atoms with Gasteiger partial charge in [-0.3, -0.25) is 4.98 Å². The molecule has 19 heavy (non-hydrogen) atoms. The van der Waals surface area contributed by atoms with Crippen molar-refractivity contribution in [2.75, 3.05) is 0 Å². The van der Waals surface area contributed by atoms with Crippen molar-refractivity contribution in [3.63, 3.8) is 0 Å². The van der Waals surface area contributed by atoms with Crippen molar-refractivity contribution in [2.24, 2.45) is 0 Å². The topological polar surface area (TPSA) is 19.7 Å². The monoisotopic (exact) mass is 249 g/mol. The van der Waals surface area contributed by atoms with Gasteiger partial charge < -0.3 is 0 Å². The molecule has 3 rings (SSSR count). The van der Waals surface area contributed by atoms with Crippen molar-refractivity contribution < 1.29 is 4.57 Å². The number of aromatic nitrogens is 2. The Morgan fingerprint density at radius 3 is 1.89 bits per heavy atom. The van der Waals surface area contributed by atoms with Crippen LogP contribution < -0.4 is 4.57 Å². The van der Waals surface area contributed by atoms with Crippen LogP contribution in [0.2, 0.25) is 0 Å². The second-order valence-electron chi connectivity index (χ2n) is 4.68. The summed E-state index contributed by atoms with van der Waals surface area (Å²) in [6.07, 6.45) is 6.02. The average Bonchev–Trinajstić information content (AvgIpc) is 3.00. The summed E-state index contributed by atoms with van der Waals surface area (Å²) >= 11 is 0. The third-order valence-corrected chi connectivity index (χ3v) is 3.40. The molecule has 2 heteroatoms. The van der Waals surface area contributed by atoms with Crippen LogP contribution in [0.5, 0.6) is 0 Å². The van der Waals surface area contributed by atoms with E-state index in [1.807, 2.05) is 12.5 Å². The number of rotatable bonds is 4. The van der Waals surface area contributed by atoms with E-state index >= 15 is 0 Å². The zero-order valence-corrected chi connectivity index (χ0v) is 10.7. The number of benzene rings is 2. The average molecular weight is 249 g/mol. The van der Waals surface area contributed by atoms with Gasteiger partial charge in [0.2, 0.25) is 6.33 Å². The molecule has 0 atom stereocenters. The molecule has 0 saturated heterocycles. The highest BCUT2D eigenvalue weighted by Crippen LogP contribution is 2.24. The maximum absolute atomic E-state index is 3.10. The lowest BCUT2D eigenvalue weighted by Gasteiger charge is -2.16. The first kappa shape index (κ1) is 11.7. The lowest BCUT2D eigenvalue weighted by Crippen LogP contribution is -2.34. The Labute approximate surface area is 113 Å². The maximum Gasteiger partial charge on any atom is 0.241 e. The van der Waals surface area contributed by atoms with Crippen molar-refractivity contribution in [3.8, 4) is 0 Å². The van der Waals surface area contributed by atoms with Crippen LogP contribution in [0.25, 0.3) is 0 Å². The number of hydrogen-bond donors (Lipinski definition) is 1. The number of nitrogens with zero attached hydrogens (tertiary/aromatic N) is 1. The highest BCUT2D eigenvalue weighted by Gasteiger charge is 2.16. The highest BCUT2D eigenvalue weighted by molar-refractivity contribution is 5.31. The van der Waals surface area contributed by atoms with Crippen LogP contribution in [0.4, 0.5) is 0 Å². The standard InChI is InChI=1S/C17H16N2/c1-3-7-15(8-4-1)17(13-19-12-11-18-14-19)16-9-5-2-6-10-16/h1-12,14,17H,13H2/p+1.